The summed E-state index contributed by atoms with van der Waals surface area (Å²) in [4.78, 5) is 12.5. The van der Waals surface area contributed by atoms with E-state index in [4.69, 9.17) is 4.74 Å². The first-order chi connectivity index (χ1) is 12.1. The van der Waals surface area contributed by atoms with Gasteiger partial charge in [0.1, 0.15) is 5.75 Å². The first-order valence-electron chi connectivity index (χ1n) is 8.52. The van der Waals surface area contributed by atoms with Gasteiger partial charge in [-0.1, -0.05) is 25.1 Å². The van der Waals surface area contributed by atoms with E-state index in [9.17, 15) is 23.1 Å². The van der Waals surface area contributed by atoms with Crippen LogP contribution in [0.15, 0.2) is 29.4 Å². The number of rotatable bonds is 3. The van der Waals surface area contributed by atoms with Crippen LogP contribution in [0, 0.1) is 18.8 Å². The number of hydrogen-bond acceptors (Lipinski definition) is 4. The minimum Gasteiger partial charge on any atom is -0.483 e. The SMILES string of the molecule is Cc1ccccc1OCC(=O)N1N=C2CC[C@@H](C)C[C@@H]2[C@@]1(O)C(F)(F)F. The Kier molecular flexibility index (Phi) is 4.72. The Morgan fingerprint density at radius 2 is 2.12 bits per heavy atom. The number of halogens is 3. The molecule has 3 atom stereocenters. The van der Waals surface area contributed by atoms with Crippen LogP contribution in [0.3, 0.4) is 0 Å². The molecule has 1 amide bonds. The van der Waals surface area contributed by atoms with Crippen molar-refractivity contribution in [2.45, 2.75) is 45.0 Å². The Morgan fingerprint density at radius 1 is 1.42 bits per heavy atom. The summed E-state index contributed by atoms with van der Waals surface area (Å²) < 4.78 is 46.5. The second-order valence-corrected chi connectivity index (χ2v) is 7.01. The second kappa shape index (κ2) is 6.57. The van der Waals surface area contributed by atoms with Gasteiger partial charge in [-0.15, -0.1) is 0 Å². The third kappa shape index (κ3) is 3.06. The summed E-state index contributed by atoms with van der Waals surface area (Å²) in [6.07, 6.45) is -3.85. The lowest BCUT2D eigenvalue weighted by molar-refractivity contribution is -0.318. The van der Waals surface area contributed by atoms with Gasteiger partial charge >= 0.3 is 6.18 Å². The molecular formula is C18H21F3N2O3. The number of amides is 1. The molecule has 142 valence electrons. The second-order valence-electron chi connectivity index (χ2n) is 7.01. The standard InChI is InChI=1S/C18H21F3N2O3/c1-11-7-8-14-13(9-11)17(25,18(19,20)21)23(22-14)16(24)10-26-15-6-4-3-5-12(15)2/h3-6,11,13,25H,7-10H2,1-2H3/t11-,13+,17-/m1/s1. The molecule has 3 rings (SSSR count). The van der Waals surface area contributed by atoms with Crippen LogP contribution in [-0.4, -0.2) is 40.2 Å². The predicted molar refractivity (Wildman–Crippen MR) is 88.5 cm³/mol. The van der Waals surface area contributed by atoms with Crippen LogP contribution in [-0.2, 0) is 4.79 Å². The van der Waals surface area contributed by atoms with Gasteiger partial charge in [0.05, 0.1) is 5.92 Å². The topological polar surface area (TPSA) is 62.1 Å². The highest BCUT2D eigenvalue weighted by molar-refractivity contribution is 5.93. The number of alkyl halides is 3. The van der Waals surface area contributed by atoms with Crippen molar-refractivity contribution in [2.24, 2.45) is 16.9 Å². The number of carbonyl (C=O) groups excluding carboxylic acids is 1. The number of aryl methyl sites for hydroxylation is 1. The van der Waals surface area contributed by atoms with E-state index >= 15 is 0 Å². The minimum absolute atomic E-state index is 0.0195. The van der Waals surface area contributed by atoms with Crippen LogP contribution in [0.5, 0.6) is 5.75 Å². The Labute approximate surface area is 149 Å². The molecule has 1 aliphatic heterocycles. The van der Waals surface area contributed by atoms with Crippen molar-refractivity contribution in [1.82, 2.24) is 5.01 Å². The molecule has 0 aromatic heterocycles. The Hall–Kier alpha value is -2.09. The monoisotopic (exact) mass is 370 g/mol. The minimum atomic E-state index is -5.02. The fourth-order valence-electron chi connectivity index (χ4n) is 3.58. The van der Waals surface area contributed by atoms with Crippen molar-refractivity contribution in [2.75, 3.05) is 6.61 Å². The van der Waals surface area contributed by atoms with Gasteiger partial charge in [0.15, 0.2) is 6.61 Å². The van der Waals surface area contributed by atoms with Crippen LogP contribution >= 0.6 is 0 Å². The summed E-state index contributed by atoms with van der Waals surface area (Å²) >= 11 is 0. The van der Waals surface area contributed by atoms with E-state index < -0.39 is 30.3 Å². The van der Waals surface area contributed by atoms with E-state index in [1.165, 1.54) is 0 Å². The zero-order valence-electron chi connectivity index (χ0n) is 14.6. The first-order valence-corrected chi connectivity index (χ1v) is 8.52. The third-order valence-corrected chi connectivity index (χ3v) is 5.07. The zero-order chi connectivity index (χ0) is 19.1. The summed E-state index contributed by atoms with van der Waals surface area (Å²) in [5, 5.41) is 14.6. The molecule has 5 nitrogen and oxygen atoms in total. The third-order valence-electron chi connectivity index (χ3n) is 5.07. The molecule has 1 N–H and O–H groups in total. The van der Waals surface area contributed by atoms with E-state index in [1.54, 1.807) is 31.2 Å². The number of nitrogens with zero attached hydrogens (tertiary/aromatic N) is 2. The molecule has 1 saturated carbocycles. The summed E-state index contributed by atoms with van der Waals surface area (Å²) in [5.74, 6) is -1.84. The normalized spacial score (nSPS) is 28.5. The average molecular weight is 370 g/mol. The van der Waals surface area contributed by atoms with Gasteiger partial charge in [-0.3, -0.25) is 4.79 Å². The molecule has 1 fully saturated rings. The number of benzene rings is 1. The summed E-state index contributed by atoms with van der Waals surface area (Å²) in [7, 11) is 0. The molecule has 0 saturated heterocycles. The molecule has 1 aliphatic carbocycles. The van der Waals surface area contributed by atoms with Crippen LogP contribution in [0.25, 0.3) is 0 Å². The molecule has 8 heteroatoms. The molecule has 2 aliphatic rings. The predicted octanol–water partition coefficient (Wildman–Crippen LogP) is 3.26. The number of hydrazone groups is 1. The highest BCUT2D eigenvalue weighted by Crippen LogP contribution is 2.49. The lowest BCUT2D eigenvalue weighted by atomic mass is 9.76. The average Bonchev–Trinajstić information content (AvgIpc) is 2.88. The largest absolute Gasteiger partial charge is 0.483 e. The van der Waals surface area contributed by atoms with Gasteiger partial charge in [-0.25, -0.2) is 0 Å². The number of fused-ring (bicyclic) bond motifs is 1. The highest BCUT2D eigenvalue weighted by atomic mass is 19.4. The summed E-state index contributed by atoms with van der Waals surface area (Å²) in [6, 6.07) is 6.86. The van der Waals surface area contributed by atoms with E-state index in [1.807, 2.05) is 6.92 Å². The van der Waals surface area contributed by atoms with Gasteiger partial charge in [0.25, 0.3) is 11.6 Å². The fraction of sp³-hybridized carbons (Fsp3) is 0.556. The molecule has 0 radical (unpaired) electrons. The van der Waals surface area contributed by atoms with Gasteiger partial charge in [-0.2, -0.15) is 23.3 Å². The van der Waals surface area contributed by atoms with Crippen molar-refractivity contribution in [1.29, 1.82) is 0 Å². The molecule has 0 bridgehead atoms. The van der Waals surface area contributed by atoms with Crippen molar-refractivity contribution >= 4 is 11.6 Å². The molecule has 0 spiro atoms. The van der Waals surface area contributed by atoms with Crippen molar-refractivity contribution in [3.63, 3.8) is 0 Å². The molecule has 1 aromatic carbocycles. The Morgan fingerprint density at radius 3 is 2.77 bits per heavy atom. The van der Waals surface area contributed by atoms with Crippen LogP contribution < -0.4 is 4.74 Å². The van der Waals surface area contributed by atoms with Crippen molar-refractivity contribution < 1.29 is 27.8 Å². The fourth-order valence-corrected chi connectivity index (χ4v) is 3.58. The maximum absolute atomic E-state index is 13.7. The smallest absolute Gasteiger partial charge is 0.439 e. The van der Waals surface area contributed by atoms with Crippen molar-refractivity contribution in [3.05, 3.63) is 29.8 Å². The number of para-hydroxylation sites is 1. The molecule has 26 heavy (non-hydrogen) atoms. The Balaban J connectivity index is 1.83. The van der Waals surface area contributed by atoms with E-state index in [0.29, 0.717) is 18.6 Å². The lowest BCUT2D eigenvalue weighted by Gasteiger charge is -2.39. The van der Waals surface area contributed by atoms with Crippen LogP contribution in [0.1, 0.15) is 31.7 Å². The van der Waals surface area contributed by atoms with Crippen LogP contribution in [0.2, 0.25) is 0 Å². The number of hydrogen-bond donors (Lipinski definition) is 1. The maximum atomic E-state index is 13.7. The first kappa shape index (κ1) is 18.7. The number of carbonyl (C=O) groups is 1. The van der Waals surface area contributed by atoms with E-state index in [2.05, 4.69) is 5.10 Å². The Bertz CT molecular complexity index is 735. The van der Waals surface area contributed by atoms with E-state index in [0.717, 1.165) is 5.56 Å². The maximum Gasteiger partial charge on any atom is 0.439 e. The van der Waals surface area contributed by atoms with Crippen molar-refractivity contribution in [3.8, 4) is 5.75 Å². The molecule has 1 aromatic rings. The summed E-state index contributed by atoms with van der Waals surface area (Å²) in [5.41, 5.74) is -2.34. The van der Waals surface area contributed by atoms with Gasteiger partial charge < -0.3 is 9.84 Å². The zero-order valence-corrected chi connectivity index (χ0v) is 14.6. The number of ether oxygens (including phenoxy) is 1. The molecular weight excluding hydrogens is 349 g/mol. The molecule has 0 unspecified atom stereocenters. The summed E-state index contributed by atoms with van der Waals surface area (Å²) in [6.45, 7) is 2.96. The quantitative estimate of drug-likeness (QED) is 0.888. The highest BCUT2D eigenvalue weighted by Gasteiger charge is 2.68. The lowest BCUT2D eigenvalue weighted by Crippen LogP contribution is -2.62. The van der Waals surface area contributed by atoms with Crippen LogP contribution in [0.4, 0.5) is 13.2 Å². The van der Waals surface area contributed by atoms with E-state index in [-0.39, 0.29) is 23.1 Å². The van der Waals surface area contributed by atoms with Gasteiger partial charge in [-0.05, 0) is 43.7 Å². The van der Waals surface area contributed by atoms with Gasteiger partial charge in [0, 0.05) is 5.71 Å². The molecule has 1 heterocycles. The van der Waals surface area contributed by atoms with Gasteiger partial charge in [0.2, 0.25) is 0 Å². The number of aliphatic hydroxyl groups is 1.